The Balaban J connectivity index is 1.89. The highest BCUT2D eigenvalue weighted by atomic mass is 35.5. The molecular weight excluding hydrogens is 295 g/mol. The monoisotopic (exact) mass is 308 g/mol. The summed E-state index contributed by atoms with van der Waals surface area (Å²) < 4.78 is 12.8. The summed E-state index contributed by atoms with van der Waals surface area (Å²) in [7, 11) is 0. The van der Waals surface area contributed by atoms with Gasteiger partial charge < -0.3 is 5.32 Å². The van der Waals surface area contributed by atoms with Crippen LogP contribution in [0.5, 0.6) is 0 Å². The number of nitrogens with one attached hydrogen (secondary N) is 1. The van der Waals surface area contributed by atoms with Gasteiger partial charge in [-0.3, -0.25) is 10.1 Å². The van der Waals surface area contributed by atoms with Crippen LogP contribution in [0.15, 0.2) is 42.5 Å². The first-order chi connectivity index (χ1) is 10.1. The molecule has 0 bridgehead atoms. The van der Waals surface area contributed by atoms with Crippen molar-refractivity contribution in [3.05, 3.63) is 74.5 Å². The molecule has 0 aliphatic rings. The van der Waals surface area contributed by atoms with E-state index in [0.717, 1.165) is 12.0 Å². The molecule has 1 N–H and O–H groups in total. The van der Waals surface area contributed by atoms with Crippen molar-refractivity contribution in [1.82, 2.24) is 5.32 Å². The maximum Gasteiger partial charge on any atom is 0.275 e. The zero-order chi connectivity index (χ0) is 15.2. The molecule has 0 spiro atoms. The van der Waals surface area contributed by atoms with E-state index >= 15 is 0 Å². The molecule has 6 heteroatoms. The van der Waals surface area contributed by atoms with Crippen LogP contribution < -0.4 is 5.32 Å². The topological polar surface area (TPSA) is 55.2 Å². The predicted molar refractivity (Wildman–Crippen MR) is 79.9 cm³/mol. The third-order valence-corrected chi connectivity index (χ3v) is 3.30. The fourth-order valence-corrected chi connectivity index (χ4v) is 2.13. The van der Waals surface area contributed by atoms with Crippen molar-refractivity contribution in [3.63, 3.8) is 0 Å². The van der Waals surface area contributed by atoms with E-state index in [1.54, 1.807) is 24.3 Å². The van der Waals surface area contributed by atoms with Gasteiger partial charge in [0, 0.05) is 23.2 Å². The highest BCUT2D eigenvalue weighted by Crippen LogP contribution is 2.22. The summed E-state index contributed by atoms with van der Waals surface area (Å²) in [6.45, 7) is 1.03. The fourth-order valence-electron chi connectivity index (χ4n) is 1.96. The van der Waals surface area contributed by atoms with Gasteiger partial charge in [-0.15, -0.1) is 0 Å². The van der Waals surface area contributed by atoms with Crippen LogP contribution in [0.3, 0.4) is 0 Å². The number of nitrogens with zero attached hydrogens (tertiary/aromatic N) is 1. The molecule has 2 aromatic rings. The predicted octanol–water partition coefficient (Wildman–Crippen LogP) is 3.72. The van der Waals surface area contributed by atoms with E-state index in [4.69, 9.17) is 11.6 Å². The van der Waals surface area contributed by atoms with Crippen molar-refractivity contribution in [2.75, 3.05) is 6.54 Å². The summed E-state index contributed by atoms with van der Waals surface area (Å²) in [4.78, 5) is 10.5. The van der Waals surface area contributed by atoms with Gasteiger partial charge in [-0.25, -0.2) is 4.39 Å². The van der Waals surface area contributed by atoms with Gasteiger partial charge in [-0.2, -0.15) is 0 Å². The van der Waals surface area contributed by atoms with Crippen LogP contribution in [0.4, 0.5) is 10.1 Å². The molecule has 0 fully saturated rings. The zero-order valence-corrected chi connectivity index (χ0v) is 11.9. The molecule has 21 heavy (non-hydrogen) atoms. The molecule has 0 radical (unpaired) electrons. The average molecular weight is 309 g/mol. The molecule has 110 valence electrons. The van der Waals surface area contributed by atoms with Gasteiger partial charge in [0.05, 0.1) is 4.92 Å². The maximum absolute atomic E-state index is 12.8. The van der Waals surface area contributed by atoms with E-state index in [-0.39, 0.29) is 11.5 Å². The Morgan fingerprint density at radius 1 is 1.19 bits per heavy atom. The Bertz CT molecular complexity index is 632. The Labute approximate surface area is 126 Å². The molecule has 0 aliphatic heterocycles. The van der Waals surface area contributed by atoms with Gasteiger partial charge in [0.25, 0.3) is 5.69 Å². The van der Waals surface area contributed by atoms with Crippen LogP contribution in [0.25, 0.3) is 0 Å². The minimum absolute atomic E-state index is 0.0109. The second-order valence-corrected chi connectivity index (χ2v) is 5.02. The Morgan fingerprint density at radius 2 is 1.90 bits per heavy atom. The lowest BCUT2D eigenvalue weighted by Crippen LogP contribution is -2.17. The third kappa shape index (κ3) is 4.51. The molecule has 0 heterocycles. The number of benzene rings is 2. The van der Waals surface area contributed by atoms with E-state index in [0.29, 0.717) is 23.7 Å². The van der Waals surface area contributed by atoms with Crippen molar-refractivity contribution in [3.8, 4) is 0 Å². The van der Waals surface area contributed by atoms with Crippen LogP contribution >= 0.6 is 11.6 Å². The van der Waals surface area contributed by atoms with Gasteiger partial charge in [-0.05, 0) is 42.8 Å². The lowest BCUT2D eigenvalue weighted by Gasteiger charge is -2.06. The van der Waals surface area contributed by atoms with Crippen molar-refractivity contribution in [2.24, 2.45) is 0 Å². The molecule has 0 unspecified atom stereocenters. The van der Waals surface area contributed by atoms with E-state index in [1.165, 1.54) is 18.2 Å². The van der Waals surface area contributed by atoms with Crippen molar-refractivity contribution in [1.29, 1.82) is 0 Å². The minimum Gasteiger partial charge on any atom is -0.312 e. The largest absolute Gasteiger partial charge is 0.312 e. The number of nitro groups is 1. The molecule has 0 amide bonds. The van der Waals surface area contributed by atoms with Gasteiger partial charge in [-0.1, -0.05) is 23.7 Å². The molecule has 2 aromatic carbocycles. The average Bonchev–Trinajstić information content (AvgIpc) is 2.46. The highest BCUT2D eigenvalue weighted by molar-refractivity contribution is 6.30. The van der Waals surface area contributed by atoms with Crippen LogP contribution in [0.1, 0.15) is 11.1 Å². The number of hydrogen-bond acceptors (Lipinski definition) is 3. The summed E-state index contributed by atoms with van der Waals surface area (Å²) in [5.74, 6) is -0.261. The Kier molecular flexibility index (Phi) is 5.25. The lowest BCUT2D eigenvalue weighted by molar-refractivity contribution is -0.385. The standard InChI is InChI=1S/C15H14ClFN2O2/c16-13-4-3-12(15(9-13)19(20)21)10-18-8-7-11-1-5-14(17)6-2-11/h1-6,9,18H,7-8,10H2. The lowest BCUT2D eigenvalue weighted by atomic mass is 10.1. The number of nitro benzene ring substituents is 1. The highest BCUT2D eigenvalue weighted by Gasteiger charge is 2.13. The normalized spacial score (nSPS) is 10.6. The van der Waals surface area contributed by atoms with Gasteiger partial charge in [0.15, 0.2) is 0 Å². The van der Waals surface area contributed by atoms with Gasteiger partial charge in [0.1, 0.15) is 5.82 Å². The quantitative estimate of drug-likeness (QED) is 0.503. The Hall–Kier alpha value is -1.98. The number of hydrogen-bond donors (Lipinski definition) is 1. The minimum atomic E-state index is -0.442. The first kappa shape index (κ1) is 15.4. The van der Waals surface area contributed by atoms with Crippen molar-refractivity contribution in [2.45, 2.75) is 13.0 Å². The first-order valence-corrected chi connectivity index (χ1v) is 6.82. The maximum atomic E-state index is 12.8. The van der Waals surface area contributed by atoms with Crippen LogP contribution in [0, 0.1) is 15.9 Å². The fraction of sp³-hybridized carbons (Fsp3) is 0.200. The number of halogens is 2. The van der Waals surface area contributed by atoms with E-state index in [1.807, 2.05) is 0 Å². The van der Waals surface area contributed by atoms with E-state index in [9.17, 15) is 14.5 Å². The smallest absolute Gasteiger partial charge is 0.275 e. The molecular formula is C15H14ClFN2O2. The molecule has 0 aromatic heterocycles. The Morgan fingerprint density at radius 3 is 2.57 bits per heavy atom. The van der Waals surface area contributed by atoms with E-state index in [2.05, 4.69) is 5.32 Å². The zero-order valence-electron chi connectivity index (χ0n) is 11.2. The van der Waals surface area contributed by atoms with Crippen LogP contribution in [0.2, 0.25) is 5.02 Å². The molecule has 0 atom stereocenters. The van der Waals surface area contributed by atoms with Crippen molar-refractivity contribution >= 4 is 17.3 Å². The molecule has 4 nitrogen and oxygen atoms in total. The summed E-state index contributed by atoms with van der Waals surface area (Å²) in [6, 6.07) is 10.9. The second kappa shape index (κ2) is 7.15. The van der Waals surface area contributed by atoms with Crippen molar-refractivity contribution < 1.29 is 9.31 Å². The van der Waals surface area contributed by atoms with Crippen LogP contribution in [-0.4, -0.2) is 11.5 Å². The molecule has 2 rings (SSSR count). The van der Waals surface area contributed by atoms with Gasteiger partial charge >= 0.3 is 0 Å². The molecule has 0 aliphatic carbocycles. The van der Waals surface area contributed by atoms with E-state index < -0.39 is 4.92 Å². The third-order valence-electron chi connectivity index (χ3n) is 3.06. The second-order valence-electron chi connectivity index (χ2n) is 4.58. The SMILES string of the molecule is O=[N+]([O-])c1cc(Cl)ccc1CNCCc1ccc(F)cc1. The first-order valence-electron chi connectivity index (χ1n) is 6.44. The summed E-state index contributed by atoms with van der Waals surface area (Å²) in [5, 5.41) is 14.4. The summed E-state index contributed by atoms with van der Waals surface area (Å²) in [5.41, 5.74) is 1.61. The van der Waals surface area contributed by atoms with Gasteiger partial charge in [0.2, 0.25) is 0 Å². The number of rotatable bonds is 6. The summed E-state index contributed by atoms with van der Waals surface area (Å²) >= 11 is 5.76. The molecule has 0 saturated heterocycles. The van der Waals surface area contributed by atoms with Crippen LogP contribution in [-0.2, 0) is 13.0 Å². The molecule has 0 saturated carbocycles. The summed E-state index contributed by atoms with van der Waals surface area (Å²) in [6.07, 6.45) is 0.724.